The molecule has 2 aromatic rings. The normalized spacial score (nSPS) is 12.2. The fraction of sp³-hybridized carbons (Fsp3) is 0.400. The van der Waals surface area contributed by atoms with Crippen LogP contribution in [0.2, 0.25) is 0 Å². The first kappa shape index (κ1) is 16.6. The number of aryl methyl sites for hydroxylation is 1. The minimum absolute atomic E-state index is 0.389. The second-order valence-corrected chi connectivity index (χ2v) is 5.89. The molecule has 2 rings (SSSR count). The third-order valence-corrected chi connectivity index (χ3v) is 4.38. The van der Waals surface area contributed by atoms with E-state index in [2.05, 4.69) is 74.2 Å². The SMILES string of the molecule is CCN(CC)c1ccc(CC(CN)c2ccc(C)cc2)cc1. The van der Waals surface area contributed by atoms with E-state index in [9.17, 15) is 0 Å². The van der Waals surface area contributed by atoms with Crippen molar-refractivity contribution in [2.45, 2.75) is 33.1 Å². The summed E-state index contributed by atoms with van der Waals surface area (Å²) < 4.78 is 0. The topological polar surface area (TPSA) is 29.3 Å². The van der Waals surface area contributed by atoms with Crippen molar-refractivity contribution >= 4 is 5.69 Å². The maximum Gasteiger partial charge on any atom is 0.0366 e. The first-order valence-electron chi connectivity index (χ1n) is 8.28. The molecule has 2 heteroatoms. The third-order valence-electron chi connectivity index (χ3n) is 4.38. The van der Waals surface area contributed by atoms with Gasteiger partial charge in [0.25, 0.3) is 0 Å². The standard InChI is InChI=1S/C20H28N2/c1-4-22(5-2)20-12-8-17(9-13-20)14-19(15-21)18-10-6-16(3)7-11-18/h6-13,19H,4-5,14-15,21H2,1-3H3. The minimum Gasteiger partial charge on any atom is -0.372 e. The molecule has 118 valence electrons. The summed E-state index contributed by atoms with van der Waals surface area (Å²) in [5, 5.41) is 0. The van der Waals surface area contributed by atoms with Gasteiger partial charge in [-0.2, -0.15) is 0 Å². The molecule has 0 aliphatic carbocycles. The van der Waals surface area contributed by atoms with Gasteiger partial charge in [0.05, 0.1) is 0 Å². The predicted molar refractivity (Wildman–Crippen MR) is 96.7 cm³/mol. The summed E-state index contributed by atoms with van der Waals surface area (Å²) in [5.41, 5.74) is 11.3. The zero-order chi connectivity index (χ0) is 15.9. The molecule has 2 nitrogen and oxygen atoms in total. The summed E-state index contributed by atoms with van der Waals surface area (Å²) in [6.07, 6.45) is 0.998. The van der Waals surface area contributed by atoms with E-state index in [1.165, 1.54) is 22.4 Å². The zero-order valence-electron chi connectivity index (χ0n) is 14.0. The lowest BCUT2D eigenvalue weighted by Crippen LogP contribution is -2.21. The summed E-state index contributed by atoms with van der Waals surface area (Å²) in [6, 6.07) is 17.7. The first-order valence-corrected chi connectivity index (χ1v) is 8.28. The smallest absolute Gasteiger partial charge is 0.0366 e. The molecule has 0 bridgehead atoms. The van der Waals surface area contributed by atoms with Crippen molar-refractivity contribution < 1.29 is 0 Å². The quantitative estimate of drug-likeness (QED) is 0.832. The van der Waals surface area contributed by atoms with Crippen molar-refractivity contribution in [1.29, 1.82) is 0 Å². The fourth-order valence-electron chi connectivity index (χ4n) is 2.89. The van der Waals surface area contributed by atoms with E-state index in [0.717, 1.165) is 19.5 Å². The van der Waals surface area contributed by atoms with Gasteiger partial charge in [0, 0.05) is 24.7 Å². The molecule has 0 aromatic heterocycles. The van der Waals surface area contributed by atoms with Crippen molar-refractivity contribution in [1.82, 2.24) is 0 Å². The van der Waals surface area contributed by atoms with Gasteiger partial charge in [0.15, 0.2) is 0 Å². The molecule has 1 unspecified atom stereocenters. The van der Waals surface area contributed by atoms with Crippen molar-refractivity contribution in [3.8, 4) is 0 Å². The number of hydrogen-bond donors (Lipinski definition) is 1. The molecule has 0 heterocycles. The van der Waals surface area contributed by atoms with Crippen LogP contribution >= 0.6 is 0 Å². The molecular formula is C20H28N2. The number of nitrogens with two attached hydrogens (primary N) is 1. The van der Waals surface area contributed by atoms with Gasteiger partial charge in [-0.25, -0.2) is 0 Å². The molecule has 0 radical (unpaired) electrons. The first-order chi connectivity index (χ1) is 10.7. The van der Waals surface area contributed by atoms with E-state index in [1.807, 2.05) is 0 Å². The van der Waals surface area contributed by atoms with Crippen molar-refractivity contribution in [3.63, 3.8) is 0 Å². The molecule has 0 fully saturated rings. The summed E-state index contributed by atoms with van der Waals surface area (Å²) in [5.74, 6) is 0.389. The Morgan fingerprint density at radius 3 is 2.00 bits per heavy atom. The Balaban J connectivity index is 2.09. The van der Waals surface area contributed by atoms with Crippen LogP contribution in [-0.4, -0.2) is 19.6 Å². The van der Waals surface area contributed by atoms with E-state index in [0.29, 0.717) is 12.5 Å². The van der Waals surface area contributed by atoms with Crippen LogP contribution < -0.4 is 10.6 Å². The highest BCUT2D eigenvalue weighted by Gasteiger charge is 2.11. The molecule has 2 N–H and O–H groups in total. The second kappa shape index (κ2) is 8.00. The summed E-state index contributed by atoms with van der Waals surface area (Å²) in [4.78, 5) is 2.37. The average molecular weight is 296 g/mol. The lowest BCUT2D eigenvalue weighted by molar-refractivity contribution is 0.694. The van der Waals surface area contributed by atoms with E-state index >= 15 is 0 Å². The molecule has 2 aromatic carbocycles. The van der Waals surface area contributed by atoms with Crippen LogP contribution in [0.15, 0.2) is 48.5 Å². The van der Waals surface area contributed by atoms with Crippen LogP contribution in [0.25, 0.3) is 0 Å². The Morgan fingerprint density at radius 1 is 0.909 bits per heavy atom. The van der Waals surface area contributed by atoms with Gasteiger partial charge in [0.2, 0.25) is 0 Å². The maximum atomic E-state index is 6.00. The van der Waals surface area contributed by atoms with E-state index in [4.69, 9.17) is 5.73 Å². The Labute approximate surface area is 135 Å². The van der Waals surface area contributed by atoms with Gasteiger partial charge in [-0.05, 0) is 57.0 Å². The minimum atomic E-state index is 0.389. The lowest BCUT2D eigenvalue weighted by Gasteiger charge is -2.21. The van der Waals surface area contributed by atoms with Gasteiger partial charge < -0.3 is 10.6 Å². The predicted octanol–water partition coefficient (Wildman–Crippen LogP) is 4.13. The van der Waals surface area contributed by atoms with Crippen molar-refractivity contribution in [2.24, 2.45) is 5.73 Å². The van der Waals surface area contributed by atoms with Crippen LogP contribution in [0, 0.1) is 6.92 Å². The molecule has 1 atom stereocenters. The van der Waals surface area contributed by atoms with Crippen LogP contribution in [-0.2, 0) is 6.42 Å². The number of rotatable bonds is 7. The van der Waals surface area contributed by atoms with Crippen LogP contribution in [0.3, 0.4) is 0 Å². The molecule has 0 amide bonds. The van der Waals surface area contributed by atoms with E-state index in [1.54, 1.807) is 0 Å². The van der Waals surface area contributed by atoms with Gasteiger partial charge in [0.1, 0.15) is 0 Å². The van der Waals surface area contributed by atoms with Gasteiger partial charge in [-0.3, -0.25) is 0 Å². The molecule has 0 saturated heterocycles. The lowest BCUT2D eigenvalue weighted by atomic mass is 9.91. The molecular weight excluding hydrogens is 268 g/mol. The highest BCUT2D eigenvalue weighted by molar-refractivity contribution is 5.47. The van der Waals surface area contributed by atoms with Crippen LogP contribution in [0.4, 0.5) is 5.69 Å². The fourth-order valence-corrected chi connectivity index (χ4v) is 2.89. The second-order valence-electron chi connectivity index (χ2n) is 5.89. The summed E-state index contributed by atoms with van der Waals surface area (Å²) >= 11 is 0. The molecule has 0 aliphatic heterocycles. The van der Waals surface area contributed by atoms with Gasteiger partial charge in [-0.15, -0.1) is 0 Å². The highest BCUT2D eigenvalue weighted by Crippen LogP contribution is 2.22. The Morgan fingerprint density at radius 2 is 1.50 bits per heavy atom. The molecule has 22 heavy (non-hydrogen) atoms. The number of anilines is 1. The monoisotopic (exact) mass is 296 g/mol. The average Bonchev–Trinajstić information content (AvgIpc) is 2.56. The molecule has 0 aliphatic rings. The van der Waals surface area contributed by atoms with Crippen molar-refractivity contribution in [3.05, 3.63) is 65.2 Å². The highest BCUT2D eigenvalue weighted by atomic mass is 15.1. The van der Waals surface area contributed by atoms with Crippen molar-refractivity contribution in [2.75, 3.05) is 24.5 Å². The van der Waals surface area contributed by atoms with Gasteiger partial charge >= 0.3 is 0 Å². The van der Waals surface area contributed by atoms with Crippen LogP contribution in [0.1, 0.15) is 36.5 Å². The number of benzene rings is 2. The number of nitrogens with zero attached hydrogens (tertiary/aromatic N) is 1. The maximum absolute atomic E-state index is 6.00. The number of hydrogen-bond acceptors (Lipinski definition) is 2. The largest absolute Gasteiger partial charge is 0.372 e. The third kappa shape index (κ3) is 4.11. The Hall–Kier alpha value is -1.80. The Bertz CT molecular complexity index is 553. The van der Waals surface area contributed by atoms with Gasteiger partial charge in [-0.1, -0.05) is 42.0 Å². The summed E-state index contributed by atoms with van der Waals surface area (Å²) in [7, 11) is 0. The molecule has 0 saturated carbocycles. The summed E-state index contributed by atoms with van der Waals surface area (Å²) in [6.45, 7) is 9.28. The molecule has 0 spiro atoms. The Kier molecular flexibility index (Phi) is 6.02. The van der Waals surface area contributed by atoms with Crippen LogP contribution in [0.5, 0.6) is 0 Å². The van der Waals surface area contributed by atoms with E-state index < -0.39 is 0 Å². The zero-order valence-corrected chi connectivity index (χ0v) is 14.0. The van der Waals surface area contributed by atoms with E-state index in [-0.39, 0.29) is 0 Å².